The number of carbonyl (C=O) groups excluding carboxylic acids is 1. The van der Waals surface area contributed by atoms with Gasteiger partial charge in [0, 0.05) is 18.0 Å². The van der Waals surface area contributed by atoms with Gasteiger partial charge in [0.2, 0.25) is 5.91 Å². The molecule has 1 aliphatic heterocycles. The summed E-state index contributed by atoms with van der Waals surface area (Å²) in [6, 6.07) is 3.85. The fourth-order valence-electron chi connectivity index (χ4n) is 2.04. The van der Waals surface area contributed by atoms with Crippen LogP contribution in [0.15, 0.2) is 23.1 Å². The van der Waals surface area contributed by atoms with E-state index in [1.807, 2.05) is 0 Å². The highest BCUT2D eigenvalue weighted by atomic mass is 32.2. The second kappa shape index (κ2) is 6.91. The number of amides is 1. The molecule has 0 spiro atoms. The molecule has 0 aliphatic carbocycles. The smallest absolute Gasteiger partial charge is 0.338 e. The summed E-state index contributed by atoms with van der Waals surface area (Å²) in [4.78, 5) is 25.4. The van der Waals surface area contributed by atoms with E-state index in [0.717, 1.165) is 6.07 Å². The highest BCUT2D eigenvalue weighted by Gasteiger charge is 2.23. The number of carbonyl (C=O) groups is 2. The van der Waals surface area contributed by atoms with Crippen molar-refractivity contribution in [1.82, 2.24) is 4.90 Å². The number of aromatic carboxylic acids is 1. The zero-order chi connectivity index (χ0) is 15.4. The Morgan fingerprint density at radius 2 is 2.05 bits per heavy atom. The topological polar surface area (TPSA) is 66.8 Å². The molecular weight excluding hydrogens is 297 g/mol. The molecule has 7 heteroatoms. The first-order valence-electron chi connectivity index (χ1n) is 6.55. The Bertz CT molecular complexity index is 546. The number of carboxylic acids is 1. The van der Waals surface area contributed by atoms with Crippen molar-refractivity contribution in [3.8, 4) is 0 Å². The van der Waals surface area contributed by atoms with Crippen molar-refractivity contribution < 1.29 is 23.8 Å². The largest absolute Gasteiger partial charge is 0.478 e. The standard InChI is InChI=1S/C14H16FNO4S/c1-9(13(17)16-4-6-20-7-5-16)21-10-2-3-12(15)11(8-10)14(18)19/h2-3,8-9H,4-7H2,1H3,(H,18,19). The number of carboxylic acid groups (broad SMARTS) is 1. The van der Waals surface area contributed by atoms with Gasteiger partial charge < -0.3 is 14.7 Å². The van der Waals surface area contributed by atoms with Gasteiger partial charge in [-0.25, -0.2) is 9.18 Å². The minimum Gasteiger partial charge on any atom is -0.478 e. The van der Waals surface area contributed by atoms with Crippen LogP contribution in [0.4, 0.5) is 4.39 Å². The monoisotopic (exact) mass is 313 g/mol. The van der Waals surface area contributed by atoms with Gasteiger partial charge in [-0.15, -0.1) is 11.8 Å². The first kappa shape index (κ1) is 15.8. The summed E-state index contributed by atoms with van der Waals surface area (Å²) in [6.07, 6.45) is 0. The number of ether oxygens (including phenoxy) is 1. The highest BCUT2D eigenvalue weighted by Crippen LogP contribution is 2.26. The van der Waals surface area contributed by atoms with Gasteiger partial charge in [0.15, 0.2) is 0 Å². The third-order valence-electron chi connectivity index (χ3n) is 3.15. The fraction of sp³-hybridized carbons (Fsp3) is 0.429. The predicted molar refractivity (Wildman–Crippen MR) is 76.1 cm³/mol. The van der Waals surface area contributed by atoms with Crippen LogP contribution in [0.2, 0.25) is 0 Å². The summed E-state index contributed by atoms with van der Waals surface area (Å²) >= 11 is 1.22. The third kappa shape index (κ3) is 3.95. The summed E-state index contributed by atoms with van der Waals surface area (Å²) in [6.45, 7) is 3.94. The molecular formula is C14H16FNO4S. The van der Waals surface area contributed by atoms with E-state index < -0.39 is 11.8 Å². The molecule has 2 rings (SSSR count). The number of hydrogen-bond donors (Lipinski definition) is 1. The van der Waals surface area contributed by atoms with Gasteiger partial charge in [-0.1, -0.05) is 0 Å². The molecule has 0 radical (unpaired) electrons. The number of benzene rings is 1. The molecule has 21 heavy (non-hydrogen) atoms. The van der Waals surface area contributed by atoms with Crippen LogP contribution in [0.1, 0.15) is 17.3 Å². The molecule has 1 atom stereocenters. The number of thioether (sulfide) groups is 1. The van der Waals surface area contributed by atoms with Crippen LogP contribution in [0.3, 0.4) is 0 Å². The molecule has 1 aromatic rings. The summed E-state index contributed by atoms with van der Waals surface area (Å²) in [5.41, 5.74) is -0.383. The Hall–Kier alpha value is -1.60. The SMILES string of the molecule is CC(Sc1ccc(F)c(C(=O)O)c1)C(=O)N1CCOCC1. The van der Waals surface area contributed by atoms with Gasteiger partial charge in [0.1, 0.15) is 5.82 Å². The van der Waals surface area contributed by atoms with Crippen LogP contribution < -0.4 is 0 Å². The molecule has 5 nitrogen and oxygen atoms in total. The normalized spacial score (nSPS) is 16.6. The number of nitrogens with zero attached hydrogens (tertiary/aromatic N) is 1. The van der Waals surface area contributed by atoms with E-state index >= 15 is 0 Å². The van der Waals surface area contributed by atoms with Crippen LogP contribution in [-0.4, -0.2) is 53.4 Å². The van der Waals surface area contributed by atoms with Crippen LogP contribution in [-0.2, 0) is 9.53 Å². The van der Waals surface area contributed by atoms with E-state index in [1.54, 1.807) is 11.8 Å². The maximum Gasteiger partial charge on any atom is 0.338 e. The van der Waals surface area contributed by atoms with Gasteiger partial charge in [0.25, 0.3) is 0 Å². The molecule has 0 saturated carbocycles. The van der Waals surface area contributed by atoms with Gasteiger partial charge in [-0.2, -0.15) is 0 Å². The molecule has 1 aromatic carbocycles. The lowest BCUT2D eigenvalue weighted by atomic mass is 10.2. The minimum atomic E-state index is -1.32. The molecule has 0 bridgehead atoms. The molecule has 114 valence electrons. The second-order valence-electron chi connectivity index (χ2n) is 4.64. The molecule has 1 N–H and O–H groups in total. The van der Waals surface area contributed by atoms with Gasteiger partial charge in [-0.05, 0) is 25.1 Å². The average Bonchev–Trinajstić information content (AvgIpc) is 2.49. The second-order valence-corrected chi connectivity index (χ2v) is 6.06. The highest BCUT2D eigenvalue weighted by molar-refractivity contribution is 8.00. The van der Waals surface area contributed by atoms with E-state index in [4.69, 9.17) is 9.84 Å². The third-order valence-corrected chi connectivity index (χ3v) is 4.23. The van der Waals surface area contributed by atoms with E-state index in [-0.39, 0.29) is 16.7 Å². The molecule has 1 fully saturated rings. The quantitative estimate of drug-likeness (QED) is 0.860. The summed E-state index contributed by atoms with van der Waals surface area (Å²) < 4.78 is 18.5. The van der Waals surface area contributed by atoms with Crippen LogP contribution >= 0.6 is 11.8 Å². The van der Waals surface area contributed by atoms with Crippen molar-refractivity contribution >= 4 is 23.6 Å². The first-order valence-corrected chi connectivity index (χ1v) is 7.43. The lowest BCUT2D eigenvalue weighted by Gasteiger charge is -2.29. The van der Waals surface area contributed by atoms with Crippen molar-refractivity contribution in [3.05, 3.63) is 29.6 Å². The van der Waals surface area contributed by atoms with Gasteiger partial charge >= 0.3 is 5.97 Å². The Labute approximate surface area is 126 Å². The van der Waals surface area contributed by atoms with E-state index in [9.17, 15) is 14.0 Å². The number of halogens is 1. The lowest BCUT2D eigenvalue weighted by Crippen LogP contribution is -2.44. The molecule has 1 saturated heterocycles. The zero-order valence-electron chi connectivity index (χ0n) is 11.5. The van der Waals surface area contributed by atoms with E-state index in [0.29, 0.717) is 31.2 Å². The maximum atomic E-state index is 13.3. The zero-order valence-corrected chi connectivity index (χ0v) is 12.4. The summed E-state index contributed by atoms with van der Waals surface area (Å²) in [5, 5.41) is 8.53. The van der Waals surface area contributed by atoms with Gasteiger partial charge in [0.05, 0.1) is 24.0 Å². The Balaban J connectivity index is 2.05. The molecule has 0 aromatic heterocycles. The first-order chi connectivity index (χ1) is 9.99. The Morgan fingerprint density at radius 3 is 2.67 bits per heavy atom. The van der Waals surface area contributed by atoms with Crippen LogP contribution in [0.5, 0.6) is 0 Å². The lowest BCUT2D eigenvalue weighted by molar-refractivity contribution is -0.134. The van der Waals surface area contributed by atoms with Crippen molar-refractivity contribution in [3.63, 3.8) is 0 Å². The molecule has 1 unspecified atom stereocenters. The average molecular weight is 313 g/mol. The fourth-order valence-corrected chi connectivity index (χ4v) is 3.03. The number of hydrogen-bond acceptors (Lipinski definition) is 4. The summed E-state index contributed by atoms with van der Waals surface area (Å²) in [7, 11) is 0. The van der Waals surface area contributed by atoms with E-state index in [2.05, 4.69) is 0 Å². The van der Waals surface area contributed by atoms with Crippen molar-refractivity contribution in [2.75, 3.05) is 26.3 Å². The van der Waals surface area contributed by atoms with Gasteiger partial charge in [-0.3, -0.25) is 4.79 Å². The van der Waals surface area contributed by atoms with Crippen molar-refractivity contribution in [1.29, 1.82) is 0 Å². The summed E-state index contributed by atoms with van der Waals surface area (Å²) in [5.74, 6) is -2.12. The number of rotatable bonds is 4. The Kier molecular flexibility index (Phi) is 5.19. The maximum absolute atomic E-state index is 13.3. The minimum absolute atomic E-state index is 0.0236. The van der Waals surface area contributed by atoms with Crippen LogP contribution in [0.25, 0.3) is 0 Å². The number of morpholine rings is 1. The Morgan fingerprint density at radius 1 is 1.38 bits per heavy atom. The molecule has 1 aliphatic rings. The predicted octanol–water partition coefficient (Wildman–Crippen LogP) is 1.86. The van der Waals surface area contributed by atoms with Crippen molar-refractivity contribution in [2.24, 2.45) is 0 Å². The van der Waals surface area contributed by atoms with Crippen LogP contribution in [0, 0.1) is 5.82 Å². The van der Waals surface area contributed by atoms with Crippen molar-refractivity contribution in [2.45, 2.75) is 17.1 Å². The van der Waals surface area contributed by atoms with E-state index in [1.165, 1.54) is 23.9 Å². The molecule has 1 heterocycles. The molecule has 1 amide bonds.